The third-order valence-corrected chi connectivity index (χ3v) is 3.47. The smallest absolute Gasteiger partial charge is 0.160 e. The van der Waals surface area contributed by atoms with Crippen LogP contribution in [0.15, 0.2) is 47.3 Å². The molecule has 2 heterocycles. The molecule has 0 amide bonds. The standard InChI is InChI=1S/C14H13BrN4/c15-12-5-13-14(17-7-12)19(9-18-13)8-11-3-1-10(6-16)2-4-11/h1-5,7,9H,6,8,16H2. The lowest BCUT2D eigenvalue weighted by molar-refractivity contribution is 0.813. The second-order valence-corrected chi connectivity index (χ2v) is 5.31. The van der Waals surface area contributed by atoms with Crippen LogP contribution in [0, 0.1) is 0 Å². The molecule has 2 aromatic heterocycles. The second-order valence-electron chi connectivity index (χ2n) is 4.39. The van der Waals surface area contributed by atoms with Crippen molar-refractivity contribution in [3.63, 3.8) is 0 Å². The molecule has 1 aromatic carbocycles. The first kappa shape index (κ1) is 12.3. The predicted octanol–water partition coefficient (Wildman–Crippen LogP) is 2.70. The number of hydrogen-bond acceptors (Lipinski definition) is 3. The predicted molar refractivity (Wildman–Crippen MR) is 78.7 cm³/mol. The van der Waals surface area contributed by atoms with Gasteiger partial charge in [0.1, 0.15) is 5.52 Å². The van der Waals surface area contributed by atoms with E-state index in [4.69, 9.17) is 5.73 Å². The van der Waals surface area contributed by atoms with Gasteiger partial charge in [-0.15, -0.1) is 0 Å². The minimum atomic E-state index is 0.573. The first-order valence-electron chi connectivity index (χ1n) is 6.00. The quantitative estimate of drug-likeness (QED) is 0.808. The van der Waals surface area contributed by atoms with E-state index in [9.17, 15) is 0 Å². The molecular formula is C14H13BrN4. The maximum absolute atomic E-state index is 5.59. The Morgan fingerprint density at radius 2 is 1.84 bits per heavy atom. The summed E-state index contributed by atoms with van der Waals surface area (Å²) in [6.45, 7) is 1.33. The highest BCUT2D eigenvalue weighted by molar-refractivity contribution is 9.10. The molecule has 0 saturated heterocycles. The highest BCUT2D eigenvalue weighted by Gasteiger charge is 2.05. The molecule has 4 nitrogen and oxygen atoms in total. The van der Waals surface area contributed by atoms with E-state index in [1.807, 2.05) is 17.0 Å². The van der Waals surface area contributed by atoms with Gasteiger partial charge < -0.3 is 10.3 Å². The summed E-state index contributed by atoms with van der Waals surface area (Å²) in [6, 6.07) is 10.3. The Morgan fingerprint density at radius 1 is 1.11 bits per heavy atom. The Kier molecular flexibility index (Phi) is 3.31. The summed E-state index contributed by atoms with van der Waals surface area (Å²) in [5, 5.41) is 0. The van der Waals surface area contributed by atoms with E-state index in [1.54, 1.807) is 6.20 Å². The number of imidazole rings is 1. The van der Waals surface area contributed by atoms with Crippen molar-refractivity contribution in [2.45, 2.75) is 13.1 Å². The minimum Gasteiger partial charge on any atom is -0.326 e. The van der Waals surface area contributed by atoms with E-state index in [1.165, 1.54) is 5.56 Å². The van der Waals surface area contributed by atoms with Crippen LogP contribution in [0.1, 0.15) is 11.1 Å². The zero-order chi connectivity index (χ0) is 13.2. The molecule has 0 bridgehead atoms. The lowest BCUT2D eigenvalue weighted by Gasteiger charge is -2.05. The molecule has 0 saturated carbocycles. The Bertz CT molecular complexity index is 703. The molecule has 0 radical (unpaired) electrons. The van der Waals surface area contributed by atoms with Crippen molar-refractivity contribution >= 4 is 27.1 Å². The normalized spacial score (nSPS) is 11.1. The zero-order valence-electron chi connectivity index (χ0n) is 10.3. The SMILES string of the molecule is NCc1ccc(Cn2cnc3cc(Br)cnc32)cc1. The number of aromatic nitrogens is 3. The fourth-order valence-corrected chi connectivity index (χ4v) is 2.34. The third kappa shape index (κ3) is 2.52. The van der Waals surface area contributed by atoms with Crippen molar-refractivity contribution in [3.05, 3.63) is 58.5 Å². The van der Waals surface area contributed by atoms with Crippen LogP contribution < -0.4 is 5.73 Å². The summed E-state index contributed by atoms with van der Waals surface area (Å²) in [5.41, 5.74) is 9.74. The van der Waals surface area contributed by atoms with Crippen molar-refractivity contribution in [3.8, 4) is 0 Å². The van der Waals surface area contributed by atoms with Crippen molar-refractivity contribution in [1.29, 1.82) is 0 Å². The Hall–Kier alpha value is -1.72. The molecule has 0 aliphatic heterocycles. The summed E-state index contributed by atoms with van der Waals surface area (Å²) < 4.78 is 2.98. The highest BCUT2D eigenvalue weighted by Crippen LogP contribution is 2.17. The molecule has 2 N–H and O–H groups in total. The average Bonchev–Trinajstić information content (AvgIpc) is 2.82. The van der Waals surface area contributed by atoms with Gasteiger partial charge in [0, 0.05) is 17.2 Å². The molecule has 0 fully saturated rings. The number of nitrogens with zero attached hydrogens (tertiary/aromatic N) is 3. The summed E-state index contributed by atoms with van der Waals surface area (Å²) in [6.07, 6.45) is 3.61. The topological polar surface area (TPSA) is 56.7 Å². The van der Waals surface area contributed by atoms with Gasteiger partial charge in [-0.1, -0.05) is 24.3 Å². The summed E-state index contributed by atoms with van der Waals surface area (Å²) >= 11 is 3.40. The van der Waals surface area contributed by atoms with Crippen molar-refractivity contribution in [2.75, 3.05) is 0 Å². The van der Waals surface area contributed by atoms with E-state index in [0.717, 1.165) is 27.7 Å². The van der Waals surface area contributed by atoms with Crippen LogP contribution in [0.2, 0.25) is 0 Å². The van der Waals surface area contributed by atoms with Gasteiger partial charge in [-0.25, -0.2) is 9.97 Å². The molecule has 0 unspecified atom stereocenters. The number of rotatable bonds is 3. The number of nitrogens with two attached hydrogens (primary N) is 1. The van der Waals surface area contributed by atoms with Gasteiger partial charge in [-0.2, -0.15) is 0 Å². The van der Waals surface area contributed by atoms with Gasteiger partial charge >= 0.3 is 0 Å². The number of fused-ring (bicyclic) bond motifs is 1. The van der Waals surface area contributed by atoms with E-state index in [2.05, 4.69) is 50.2 Å². The van der Waals surface area contributed by atoms with Crippen LogP contribution >= 0.6 is 15.9 Å². The molecule has 3 rings (SSSR count). The number of benzene rings is 1. The molecule has 0 aliphatic rings. The van der Waals surface area contributed by atoms with Crippen molar-refractivity contribution in [1.82, 2.24) is 14.5 Å². The molecule has 96 valence electrons. The summed E-state index contributed by atoms with van der Waals surface area (Å²) in [7, 11) is 0. The Labute approximate surface area is 119 Å². The Morgan fingerprint density at radius 3 is 2.58 bits per heavy atom. The van der Waals surface area contributed by atoms with Gasteiger partial charge in [0.05, 0.1) is 12.9 Å². The van der Waals surface area contributed by atoms with E-state index in [0.29, 0.717) is 6.54 Å². The summed E-state index contributed by atoms with van der Waals surface area (Å²) in [5.74, 6) is 0. The fraction of sp³-hybridized carbons (Fsp3) is 0.143. The summed E-state index contributed by atoms with van der Waals surface area (Å²) in [4.78, 5) is 8.76. The van der Waals surface area contributed by atoms with Crippen LogP contribution in [0.25, 0.3) is 11.2 Å². The zero-order valence-corrected chi connectivity index (χ0v) is 11.8. The fourth-order valence-electron chi connectivity index (χ4n) is 2.02. The maximum atomic E-state index is 5.59. The lowest BCUT2D eigenvalue weighted by atomic mass is 10.1. The third-order valence-electron chi connectivity index (χ3n) is 3.03. The molecule has 3 aromatic rings. The van der Waals surface area contributed by atoms with E-state index >= 15 is 0 Å². The van der Waals surface area contributed by atoms with E-state index < -0.39 is 0 Å². The van der Waals surface area contributed by atoms with Crippen molar-refractivity contribution < 1.29 is 0 Å². The highest BCUT2D eigenvalue weighted by atomic mass is 79.9. The molecule has 5 heteroatoms. The van der Waals surface area contributed by atoms with Gasteiger partial charge in [-0.3, -0.25) is 0 Å². The van der Waals surface area contributed by atoms with Crippen LogP contribution in [0.4, 0.5) is 0 Å². The average molecular weight is 317 g/mol. The first-order chi connectivity index (χ1) is 9.26. The molecule has 19 heavy (non-hydrogen) atoms. The van der Waals surface area contributed by atoms with E-state index in [-0.39, 0.29) is 0 Å². The van der Waals surface area contributed by atoms with Crippen LogP contribution in [0.3, 0.4) is 0 Å². The van der Waals surface area contributed by atoms with Crippen molar-refractivity contribution in [2.24, 2.45) is 5.73 Å². The maximum Gasteiger partial charge on any atom is 0.160 e. The van der Waals surface area contributed by atoms with Gasteiger partial charge in [0.15, 0.2) is 5.65 Å². The monoisotopic (exact) mass is 316 g/mol. The van der Waals surface area contributed by atoms with Gasteiger partial charge in [0.2, 0.25) is 0 Å². The number of halogens is 1. The van der Waals surface area contributed by atoms with Gasteiger partial charge in [-0.05, 0) is 33.1 Å². The van der Waals surface area contributed by atoms with Crippen LogP contribution in [-0.2, 0) is 13.1 Å². The number of pyridine rings is 1. The largest absolute Gasteiger partial charge is 0.326 e. The molecule has 0 atom stereocenters. The molecule has 0 aliphatic carbocycles. The minimum absolute atomic E-state index is 0.573. The lowest BCUT2D eigenvalue weighted by Crippen LogP contribution is -2.00. The van der Waals surface area contributed by atoms with Gasteiger partial charge in [0.25, 0.3) is 0 Å². The van der Waals surface area contributed by atoms with Crippen LogP contribution in [-0.4, -0.2) is 14.5 Å². The molecular weight excluding hydrogens is 304 g/mol. The number of hydrogen-bond donors (Lipinski definition) is 1. The second kappa shape index (κ2) is 5.11. The first-order valence-corrected chi connectivity index (χ1v) is 6.80. The molecule has 0 spiro atoms. The van der Waals surface area contributed by atoms with Crippen LogP contribution in [0.5, 0.6) is 0 Å². The Balaban J connectivity index is 1.92.